The van der Waals surface area contributed by atoms with Gasteiger partial charge in [-0.15, -0.1) is 0 Å². The lowest BCUT2D eigenvalue weighted by Crippen LogP contribution is -2.43. The number of likely N-dealkylation sites (N-methyl/N-ethyl adjacent to an activating group) is 1. The second kappa shape index (κ2) is 4.21. The van der Waals surface area contributed by atoms with Crippen molar-refractivity contribution in [2.24, 2.45) is 0 Å². The molecule has 0 fully saturated rings. The van der Waals surface area contributed by atoms with Gasteiger partial charge in [-0.05, 0) is 6.07 Å². The van der Waals surface area contributed by atoms with Gasteiger partial charge in [-0.2, -0.15) is 4.58 Å². The zero-order valence-electron chi connectivity index (χ0n) is 9.59. The summed E-state index contributed by atoms with van der Waals surface area (Å²) < 4.78 is 2.28. The van der Waals surface area contributed by atoms with Crippen LogP contribution in [0.5, 0.6) is 0 Å². The van der Waals surface area contributed by atoms with Gasteiger partial charge in [-0.1, -0.05) is 37.8 Å². The number of rotatable bonds is 0. The number of allylic oxidation sites excluding steroid dienone is 2. The van der Waals surface area contributed by atoms with E-state index in [1.54, 1.807) is 0 Å². The van der Waals surface area contributed by atoms with Gasteiger partial charge < -0.3 is 4.90 Å². The van der Waals surface area contributed by atoms with Crippen LogP contribution in [0.2, 0.25) is 0 Å². The van der Waals surface area contributed by atoms with Gasteiger partial charge in [0, 0.05) is 19.2 Å². The van der Waals surface area contributed by atoms with Crippen molar-refractivity contribution in [1.82, 2.24) is 0 Å². The van der Waals surface area contributed by atoms with Crippen LogP contribution in [0.4, 0.5) is 11.4 Å². The molecule has 2 heteroatoms. The van der Waals surface area contributed by atoms with Crippen molar-refractivity contribution < 1.29 is 4.58 Å². The van der Waals surface area contributed by atoms with Crippen molar-refractivity contribution in [3.63, 3.8) is 0 Å². The number of hydrogen-bond acceptors (Lipinski definition) is 1. The van der Waals surface area contributed by atoms with Gasteiger partial charge in [0.1, 0.15) is 18.8 Å². The predicted molar refractivity (Wildman–Crippen MR) is 74.5 cm³/mol. The molecule has 2 nitrogen and oxygen atoms in total. The van der Waals surface area contributed by atoms with E-state index in [2.05, 4.69) is 72.1 Å². The van der Waals surface area contributed by atoms with Crippen molar-refractivity contribution in [2.75, 3.05) is 19.0 Å². The fourth-order valence-electron chi connectivity index (χ4n) is 2.49. The first-order valence-electron chi connectivity index (χ1n) is 5.56. The number of para-hydroxylation sites is 2. The van der Waals surface area contributed by atoms with E-state index in [0.29, 0.717) is 6.04 Å². The first-order valence-corrected chi connectivity index (χ1v) is 5.56. The maximum absolute atomic E-state index is 2.32. The summed E-state index contributed by atoms with van der Waals surface area (Å²) in [6.45, 7) is 0. The lowest BCUT2D eigenvalue weighted by atomic mass is 10.0. The zero-order chi connectivity index (χ0) is 11.1. The van der Waals surface area contributed by atoms with Crippen LogP contribution in [0.3, 0.4) is 0 Å². The molecule has 88 valence electrons. The highest BCUT2D eigenvalue weighted by atomic mass is 15.2. The molecule has 0 N–H and O–H groups in total. The van der Waals surface area contributed by atoms with E-state index in [-0.39, 0.29) is 7.43 Å². The molecule has 0 spiro atoms. The van der Waals surface area contributed by atoms with Crippen LogP contribution in [0.15, 0.2) is 48.6 Å². The second-order valence-corrected chi connectivity index (χ2v) is 4.27. The summed E-state index contributed by atoms with van der Waals surface area (Å²) in [5, 5.41) is 0. The molecule has 0 bridgehead atoms. The monoisotopic (exact) mass is 227 g/mol. The molecule has 1 aromatic carbocycles. The minimum absolute atomic E-state index is 0. The molecule has 1 aliphatic heterocycles. The third-order valence-electron chi connectivity index (χ3n) is 3.40. The van der Waals surface area contributed by atoms with Crippen molar-refractivity contribution in [2.45, 2.75) is 13.5 Å². The topological polar surface area (TPSA) is 6.25 Å². The Balaban J connectivity index is 0.00000108. The predicted octanol–water partition coefficient (Wildman–Crippen LogP) is 2.98. The normalized spacial score (nSPS) is 20.8. The number of hydrogen-bond donors (Lipinski definition) is 0. The van der Waals surface area contributed by atoms with E-state index >= 15 is 0 Å². The molecule has 3 rings (SSSR count). The van der Waals surface area contributed by atoms with Crippen LogP contribution in [0.25, 0.3) is 0 Å². The van der Waals surface area contributed by atoms with E-state index in [4.69, 9.17) is 0 Å². The SMILES string of the molecule is C.CN1c2ccccc2[N+](C)=C2C=CC=CC21. The molecule has 1 aromatic rings. The Morgan fingerprint density at radius 1 is 1.18 bits per heavy atom. The Hall–Kier alpha value is -1.83. The van der Waals surface area contributed by atoms with Gasteiger partial charge in [-0.25, -0.2) is 0 Å². The number of nitrogens with zero attached hydrogens (tertiary/aromatic N) is 2. The van der Waals surface area contributed by atoms with Gasteiger partial charge in [0.15, 0.2) is 0 Å². The van der Waals surface area contributed by atoms with Crippen LogP contribution in [0.1, 0.15) is 7.43 Å². The summed E-state index contributed by atoms with van der Waals surface area (Å²) in [7, 11) is 4.29. The molecule has 0 saturated heterocycles. The van der Waals surface area contributed by atoms with E-state index in [9.17, 15) is 0 Å². The Morgan fingerprint density at radius 3 is 2.76 bits per heavy atom. The minimum atomic E-state index is 0. The largest absolute Gasteiger partial charge is 0.353 e. The van der Waals surface area contributed by atoms with E-state index in [0.717, 1.165) is 0 Å². The molecule has 1 unspecified atom stereocenters. The highest BCUT2D eigenvalue weighted by Gasteiger charge is 2.33. The molecular weight excluding hydrogens is 208 g/mol. The molecule has 0 amide bonds. The summed E-state index contributed by atoms with van der Waals surface area (Å²) in [4.78, 5) is 2.32. The average molecular weight is 227 g/mol. The maximum atomic E-state index is 2.32. The van der Waals surface area contributed by atoms with Crippen LogP contribution >= 0.6 is 0 Å². The van der Waals surface area contributed by atoms with Gasteiger partial charge in [0.25, 0.3) is 0 Å². The number of benzene rings is 1. The molecule has 17 heavy (non-hydrogen) atoms. The summed E-state index contributed by atoms with van der Waals surface area (Å²) in [6.07, 6.45) is 8.65. The van der Waals surface area contributed by atoms with E-state index < -0.39 is 0 Å². The van der Waals surface area contributed by atoms with Crippen LogP contribution < -0.4 is 4.90 Å². The highest BCUT2D eigenvalue weighted by Crippen LogP contribution is 2.33. The van der Waals surface area contributed by atoms with E-state index in [1.807, 2.05) is 0 Å². The van der Waals surface area contributed by atoms with Crippen LogP contribution in [-0.4, -0.2) is 30.4 Å². The van der Waals surface area contributed by atoms with Gasteiger partial charge in [-0.3, -0.25) is 0 Å². The third kappa shape index (κ3) is 1.60. The van der Waals surface area contributed by atoms with Crippen LogP contribution in [0, 0.1) is 0 Å². The van der Waals surface area contributed by atoms with Gasteiger partial charge in [0.05, 0.1) is 0 Å². The molecule has 0 radical (unpaired) electrons. The Kier molecular flexibility index (Phi) is 2.88. The summed E-state index contributed by atoms with van der Waals surface area (Å²) in [5.74, 6) is 0. The second-order valence-electron chi connectivity index (χ2n) is 4.27. The first kappa shape index (κ1) is 11.6. The zero-order valence-corrected chi connectivity index (χ0v) is 9.59. The Morgan fingerprint density at radius 2 is 1.94 bits per heavy atom. The molecule has 0 saturated carbocycles. The molecule has 0 aromatic heterocycles. The van der Waals surface area contributed by atoms with Crippen molar-refractivity contribution in [1.29, 1.82) is 0 Å². The Labute approximate surface area is 103 Å². The van der Waals surface area contributed by atoms with E-state index in [1.165, 1.54) is 17.1 Å². The number of anilines is 1. The summed E-state index contributed by atoms with van der Waals surface area (Å²) >= 11 is 0. The third-order valence-corrected chi connectivity index (χ3v) is 3.40. The van der Waals surface area contributed by atoms with Crippen molar-refractivity contribution >= 4 is 17.1 Å². The minimum Gasteiger partial charge on any atom is -0.353 e. The molecule has 1 aliphatic carbocycles. The smallest absolute Gasteiger partial charge is 0.228 e. The van der Waals surface area contributed by atoms with Crippen LogP contribution in [-0.2, 0) is 0 Å². The molecule has 2 aliphatic rings. The first-order chi connectivity index (χ1) is 7.79. The molecule has 1 heterocycles. The lowest BCUT2D eigenvalue weighted by molar-refractivity contribution is -0.406. The maximum Gasteiger partial charge on any atom is 0.228 e. The van der Waals surface area contributed by atoms with Crippen molar-refractivity contribution in [3.8, 4) is 0 Å². The fraction of sp³-hybridized carbons (Fsp3) is 0.267. The van der Waals surface area contributed by atoms with Gasteiger partial charge in [0.2, 0.25) is 11.4 Å². The highest BCUT2D eigenvalue weighted by molar-refractivity contribution is 6.03. The lowest BCUT2D eigenvalue weighted by Gasteiger charge is -2.31. The average Bonchev–Trinajstić information content (AvgIpc) is 2.36. The molecule has 1 atom stereocenters. The quantitative estimate of drug-likeness (QED) is 0.618. The fourth-order valence-corrected chi connectivity index (χ4v) is 2.49. The molecular formula is C15H19N2+. The standard InChI is InChI=1S/C14H15N2.CH4/c1-15-11-7-3-5-9-13(11)16(2)14-10-6-4-8-12(14)15;/h3-11H,1-2H3;1H4/q+1;. The number of fused-ring (bicyclic) bond motifs is 2. The summed E-state index contributed by atoms with van der Waals surface area (Å²) in [6, 6.07) is 8.89. The van der Waals surface area contributed by atoms with Gasteiger partial charge >= 0.3 is 0 Å². The van der Waals surface area contributed by atoms with Crippen molar-refractivity contribution in [3.05, 3.63) is 48.6 Å². The Bertz CT molecular complexity index is 523. The summed E-state index contributed by atoms with van der Waals surface area (Å²) in [5.41, 5.74) is 3.90.